The molecule has 0 aliphatic heterocycles. The van der Waals surface area contributed by atoms with Crippen LogP contribution in [0.25, 0.3) is 17.1 Å². The third-order valence-corrected chi connectivity index (χ3v) is 4.15. The molecule has 3 heterocycles. The van der Waals surface area contributed by atoms with E-state index in [1.807, 2.05) is 13.1 Å². The van der Waals surface area contributed by atoms with Crippen molar-refractivity contribution in [3.05, 3.63) is 72.1 Å². The molecule has 0 saturated carbocycles. The van der Waals surface area contributed by atoms with E-state index in [0.29, 0.717) is 17.2 Å². The lowest BCUT2D eigenvalue weighted by atomic mass is 10.2. The van der Waals surface area contributed by atoms with Crippen LogP contribution in [0.4, 0.5) is 4.39 Å². The van der Waals surface area contributed by atoms with Crippen LogP contribution in [0.1, 0.15) is 24.3 Å². The Morgan fingerprint density at radius 2 is 1.96 bits per heavy atom. The van der Waals surface area contributed by atoms with Gasteiger partial charge in [0.1, 0.15) is 23.9 Å². The monoisotopic (exact) mass is 353 g/mol. The van der Waals surface area contributed by atoms with Crippen LogP contribution in [0.15, 0.2) is 59.4 Å². The van der Waals surface area contributed by atoms with E-state index in [-0.39, 0.29) is 18.5 Å². The van der Waals surface area contributed by atoms with E-state index in [1.165, 1.54) is 12.1 Å². The Kier molecular flexibility index (Phi) is 4.10. The Morgan fingerprint density at radius 1 is 1.15 bits per heavy atom. The van der Waals surface area contributed by atoms with Crippen molar-refractivity contribution in [2.24, 2.45) is 0 Å². The predicted octanol–water partition coefficient (Wildman–Crippen LogP) is 2.96. The smallest absolute Gasteiger partial charge is 0.156 e. The largest absolute Gasteiger partial charge is 0.457 e. The number of aromatic nitrogens is 5. The molecule has 26 heavy (non-hydrogen) atoms. The van der Waals surface area contributed by atoms with Crippen molar-refractivity contribution < 1.29 is 13.9 Å². The van der Waals surface area contributed by atoms with Crippen LogP contribution in [0.2, 0.25) is 0 Å². The summed E-state index contributed by atoms with van der Waals surface area (Å²) in [4.78, 5) is 0. The zero-order chi connectivity index (χ0) is 18.1. The number of halogens is 1. The average Bonchev–Trinajstić information content (AvgIpc) is 3.40. The lowest BCUT2D eigenvalue weighted by molar-refractivity contribution is 0.248. The lowest BCUT2D eigenvalue weighted by Gasteiger charge is -2.08. The van der Waals surface area contributed by atoms with Gasteiger partial charge in [0.2, 0.25) is 0 Å². The highest BCUT2D eigenvalue weighted by molar-refractivity contribution is 5.50. The minimum absolute atomic E-state index is 0.0993. The van der Waals surface area contributed by atoms with Crippen LogP contribution < -0.4 is 0 Å². The van der Waals surface area contributed by atoms with Crippen LogP contribution in [0.3, 0.4) is 0 Å². The summed E-state index contributed by atoms with van der Waals surface area (Å²) in [5, 5.41) is 21.7. The van der Waals surface area contributed by atoms with Gasteiger partial charge in [0.15, 0.2) is 5.76 Å². The molecule has 1 N–H and O–H groups in total. The minimum atomic E-state index is -0.285. The topological polar surface area (TPSA) is 81.9 Å². The molecule has 8 heteroatoms. The SMILES string of the molecule is C[C@@H](c1cnn(-c2ccc(F)cc2)c1)n1cc(-c2ccc(CO)o2)nn1. The standard InChI is InChI=1S/C18H16FN5O2/c1-12(13-8-20-24(9-13)15-4-2-14(19)3-5-15)23-10-17(21-22-23)18-7-6-16(11-25)26-18/h2-10,12,25H,11H2,1H3/t12-/m0/s1. The molecule has 7 nitrogen and oxygen atoms in total. The van der Waals surface area contributed by atoms with Gasteiger partial charge >= 0.3 is 0 Å². The minimum Gasteiger partial charge on any atom is -0.457 e. The second kappa shape index (κ2) is 6.57. The summed E-state index contributed by atoms with van der Waals surface area (Å²) in [6.45, 7) is 1.82. The number of hydrogen-bond donors (Lipinski definition) is 1. The van der Waals surface area contributed by atoms with E-state index >= 15 is 0 Å². The quantitative estimate of drug-likeness (QED) is 0.596. The number of furan rings is 1. The first-order chi connectivity index (χ1) is 12.6. The van der Waals surface area contributed by atoms with Crippen LogP contribution in [0.5, 0.6) is 0 Å². The van der Waals surface area contributed by atoms with Gasteiger partial charge in [-0.2, -0.15) is 5.10 Å². The van der Waals surface area contributed by atoms with Gasteiger partial charge in [0.05, 0.1) is 24.1 Å². The van der Waals surface area contributed by atoms with Gasteiger partial charge < -0.3 is 9.52 Å². The Labute approximate surface area is 148 Å². The van der Waals surface area contributed by atoms with Crippen molar-refractivity contribution in [3.8, 4) is 17.1 Å². The fourth-order valence-electron chi connectivity index (χ4n) is 2.62. The molecule has 0 bridgehead atoms. The van der Waals surface area contributed by atoms with Gasteiger partial charge in [0, 0.05) is 11.8 Å². The molecule has 4 aromatic rings. The third-order valence-electron chi connectivity index (χ3n) is 4.15. The van der Waals surface area contributed by atoms with E-state index in [2.05, 4.69) is 15.4 Å². The van der Waals surface area contributed by atoms with Gasteiger partial charge in [-0.05, 0) is 43.3 Å². The van der Waals surface area contributed by atoms with Crippen molar-refractivity contribution in [1.29, 1.82) is 0 Å². The second-order valence-electron chi connectivity index (χ2n) is 5.88. The molecule has 0 fully saturated rings. The molecule has 1 aromatic carbocycles. The molecule has 0 aliphatic carbocycles. The first-order valence-electron chi connectivity index (χ1n) is 8.06. The molecule has 0 radical (unpaired) electrons. The third kappa shape index (κ3) is 3.02. The zero-order valence-electron chi connectivity index (χ0n) is 14.0. The normalized spacial score (nSPS) is 12.4. The molecule has 0 amide bonds. The lowest BCUT2D eigenvalue weighted by Crippen LogP contribution is -2.06. The average molecular weight is 353 g/mol. The maximum atomic E-state index is 13.1. The van der Waals surface area contributed by atoms with Gasteiger partial charge in [-0.25, -0.2) is 13.8 Å². The molecule has 1 atom stereocenters. The first kappa shape index (κ1) is 16.2. The maximum Gasteiger partial charge on any atom is 0.156 e. The number of benzene rings is 1. The summed E-state index contributed by atoms with van der Waals surface area (Å²) in [7, 11) is 0. The highest BCUT2D eigenvalue weighted by Gasteiger charge is 2.15. The number of hydrogen-bond acceptors (Lipinski definition) is 5. The van der Waals surface area contributed by atoms with Gasteiger partial charge in [0.25, 0.3) is 0 Å². The number of aliphatic hydroxyl groups excluding tert-OH is 1. The van der Waals surface area contributed by atoms with Crippen molar-refractivity contribution >= 4 is 0 Å². The summed E-state index contributed by atoms with van der Waals surface area (Å²) >= 11 is 0. The van der Waals surface area contributed by atoms with Crippen LogP contribution >= 0.6 is 0 Å². The van der Waals surface area contributed by atoms with Crippen molar-refractivity contribution in [2.45, 2.75) is 19.6 Å². The number of nitrogens with zero attached hydrogens (tertiary/aromatic N) is 5. The maximum absolute atomic E-state index is 13.1. The zero-order valence-corrected chi connectivity index (χ0v) is 14.0. The Hall–Kier alpha value is -3.26. The van der Waals surface area contributed by atoms with Crippen molar-refractivity contribution in [2.75, 3.05) is 0 Å². The number of rotatable bonds is 5. The van der Waals surface area contributed by atoms with Crippen LogP contribution in [-0.4, -0.2) is 29.9 Å². The van der Waals surface area contributed by atoms with Crippen molar-refractivity contribution in [3.63, 3.8) is 0 Å². The van der Waals surface area contributed by atoms with Crippen LogP contribution in [0, 0.1) is 5.82 Å². The molecule has 0 saturated heterocycles. The highest BCUT2D eigenvalue weighted by atomic mass is 19.1. The van der Waals surface area contributed by atoms with Gasteiger partial charge in [-0.3, -0.25) is 0 Å². The summed E-state index contributed by atoms with van der Waals surface area (Å²) < 4.78 is 21.9. The Bertz CT molecular complexity index is 1020. The molecule has 0 unspecified atom stereocenters. The summed E-state index contributed by atoms with van der Waals surface area (Å²) in [6.07, 6.45) is 5.39. The summed E-state index contributed by atoms with van der Waals surface area (Å²) in [6, 6.07) is 9.47. The second-order valence-corrected chi connectivity index (χ2v) is 5.88. The van der Waals surface area contributed by atoms with Gasteiger partial charge in [-0.15, -0.1) is 5.10 Å². The Morgan fingerprint density at radius 3 is 2.69 bits per heavy atom. The first-order valence-corrected chi connectivity index (χ1v) is 8.06. The fraction of sp³-hybridized carbons (Fsp3) is 0.167. The summed E-state index contributed by atoms with van der Waals surface area (Å²) in [5.74, 6) is 0.740. The molecular formula is C18H16FN5O2. The van der Waals surface area contributed by atoms with Crippen molar-refractivity contribution in [1.82, 2.24) is 24.8 Å². The van der Waals surface area contributed by atoms with E-state index in [1.54, 1.807) is 46.0 Å². The van der Waals surface area contributed by atoms with E-state index in [9.17, 15) is 4.39 Å². The molecule has 132 valence electrons. The Balaban J connectivity index is 1.56. The molecule has 0 spiro atoms. The predicted molar refractivity (Wildman–Crippen MR) is 91.0 cm³/mol. The fourth-order valence-corrected chi connectivity index (χ4v) is 2.62. The van der Waals surface area contributed by atoms with Crippen LogP contribution in [-0.2, 0) is 6.61 Å². The molecule has 0 aliphatic rings. The van der Waals surface area contributed by atoms with E-state index < -0.39 is 0 Å². The van der Waals surface area contributed by atoms with E-state index in [0.717, 1.165) is 11.3 Å². The molecule has 4 rings (SSSR count). The highest BCUT2D eigenvalue weighted by Crippen LogP contribution is 2.23. The molecule has 3 aromatic heterocycles. The van der Waals surface area contributed by atoms with Gasteiger partial charge in [-0.1, -0.05) is 5.21 Å². The number of aliphatic hydroxyl groups is 1. The van der Waals surface area contributed by atoms with E-state index in [4.69, 9.17) is 9.52 Å². The summed E-state index contributed by atoms with van der Waals surface area (Å²) in [5.41, 5.74) is 2.29. The molecular weight excluding hydrogens is 337 g/mol.